The maximum Gasteiger partial charge on any atom is 0.388 e. The number of benzene rings is 1. The topological polar surface area (TPSA) is 67.8 Å². The van der Waals surface area contributed by atoms with Gasteiger partial charge in [-0.15, -0.1) is 0 Å². The second-order valence-electron chi connectivity index (χ2n) is 7.09. The molecule has 3 heterocycles. The van der Waals surface area contributed by atoms with Gasteiger partial charge in [-0.2, -0.15) is 13.8 Å². The number of halogens is 3. The highest BCUT2D eigenvalue weighted by Crippen LogP contribution is 2.38. The zero-order valence-electron chi connectivity index (χ0n) is 17.5. The number of carbonyl (C=O) groups excluding carboxylic acids is 1. The van der Waals surface area contributed by atoms with Gasteiger partial charge in [-0.05, 0) is 49.7 Å². The van der Waals surface area contributed by atoms with Crippen molar-refractivity contribution >= 4 is 23.1 Å². The summed E-state index contributed by atoms with van der Waals surface area (Å²) >= 11 is 0. The molecule has 1 aliphatic heterocycles. The summed E-state index contributed by atoms with van der Waals surface area (Å²) in [6.07, 6.45) is 0. The lowest BCUT2D eigenvalue weighted by Crippen LogP contribution is -2.46. The van der Waals surface area contributed by atoms with E-state index in [1.165, 1.54) is 36.3 Å². The van der Waals surface area contributed by atoms with Crippen molar-refractivity contribution in [2.45, 2.75) is 20.5 Å². The second-order valence-corrected chi connectivity index (χ2v) is 7.09. The minimum Gasteiger partial charge on any atom is -0.481 e. The Morgan fingerprint density at radius 1 is 0.969 bits per heavy atom. The van der Waals surface area contributed by atoms with Gasteiger partial charge >= 0.3 is 6.61 Å². The Hall–Kier alpha value is -3.82. The average molecular weight is 444 g/mol. The lowest BCUT2D eigenvalue weighted by atomic mass is 10.1. The number of aryl methyl sites for hydroxylation is 2. The third-order valence-electron chi connectivity index (χ3n) is 5.06. The van der Waals surface area contributed by atoms with Crippen molar-refractivity contribution in [3.63, 3.8) is 0 Å². The Labute approximate surface area is 182 Å². The minimum atomic E-state index is -3.06. The standard InChI is InChI=1S/C22H19F3N4O3/c1-12-10-14(23)4-6-16(12)28-11-29(17-7-9-18(31-3)26-13(17)2)21(30)15-5-8-19(27-20(15)28)32-22(24)25/h4-10,22H,11H2,1-3H3. The number of hydrogen-bond acceptors (Lipinski definition) is 6. The van der Waals surface area contributed by atoms with Gasteiger partial charge in [-0.25, -0.2) is 9.37 Å². The first-order valence-electron chi connectivity index (χ1n) is 9.61. The molecule has 166 valence electrons. The molecule has 4 rings (SSSR count). The molecule has 2 aromatic heterocycles. The average Bonchev–Trinajstić information content (AvgIpc) is 2.74. The molecule has 0 saturated heterocycles. The van der Waals surface area contributed by atoms with Crippen molar-refractivity contribution in [1.29, 1.82) is 0 Å². The number of anilines is 3. The van der Waals surface area contributed by atoms with Gasteiger partial charge in [0, 0.05) is 17.8 Å². The fourth-order valence-electron chi connectivity index (χ4n) is 3.61. The van der Waals surface area contributed by atoms with E-state index in [1.807, 2.05) is 0 Å². The molecule has 1 amide bonds. The van der Waals surface area contributed by atoms with Crippen LogP contribution in [0.4, 0.5) is 30.4 Å². The summed E-state index contributed by atoms with van der Waals surface area (Å²) in [6, 6.07) is 10.1. The summed E-state index contributed by atoms with van der Waals surface area (Å²) in [5.74, 6) is -0.598. The molecule has 0 N–H and O–H groups in total. The zero-order chi connectivity index (χ0) is 23.0. The summed E-state index contributed by atoms with van der Waals surface area (Å²) in [4.78, 5) is 24.9. The normalized spacial score (nSPS) is 13.4. The van der Waals surface area contributed by atoms with Crippen LogP contribution >= 0.6 is 0 Å². The molecule has 0 bridgehead atoms. The number of methoxy groups -OCH3 is 1. The number of carbonyl (C=O) groups is 1. The molecular weight excluding hydrogens is 425 g/mol. The minimum absolute atomic E-state index is 0.00170. The number of alkyl halides is 2. The van der Waals surface area contributed by atoms with E-state index < -0.39 is 12.4 Å². The van der Waals surface area contributed by atoms with Gasteiger partial charge in [-0.3, -0.25) is 9.69 Å². The largest absolute Gasteiger partial charge is 0.481 e. The molecule has 1 aliphatic rings. The fraction of sp³-hybridized carbons (Fsp3) is 0.227. The monoisotopic (exact) mass is 444 g/mol. The number of pyridine rings is 2. The smallest absolute Gasteiger partial charge is 0.388 e. The van der Waals surface area contributed by atoms with Gasteiger partial charge in [-0.1, -0.05) is 0 Å². The summed E-state index contributed by atoms with van der Waals surface area (Å²) in [5.41, 5.74) is 2.42. The predicted octanol–water partition coefficient (Wildman–Crippen LogP) is 4.60. The van der Waals surface area contributed by atoms with Crippen LogP contribution in [0.15, 0.2) is 42.5 Å². The maximum atomic E-state index is 13.7. The van der Waals surface area contributed by atoms with Crippen molar-refractivity contribution in [1.82, 2.24) is 9.97 Å². The van der Waals surface area contributed by atoms with Crippen LogP contribution in [-0.4, -0.2) is 36.3 Å². The third kappa shape index (κ3) is 3.91. The molecule has 0 saturated carbocycles. The summed E-state index contributed by atoms with van der Waals surface area (Å²) in [5, 5.41) is 0. The van der Waals surface area contributed by atoms with E-state index >= 15 is 0 Å². The predicted molar refractivity (Wildman–Crippen MR) is 111 cm³/mol. The molecule has 32 heavy (non-hydrogen) atoms. The molecule has 0 unspecified atom stereocenters. The van der Waals surface area contributed by atoms with Crippen LogP contribution in [0.25, 0.3) is 0 Å². The maximum absolute atomic E-state index is 13.7. The van der Waals surface area contributed by atoms with Gasteiger partial charge in [0.1, 0.15) is 12.5 Å². The van der Waals surface area contributed by atoms with E-state index in [-0.39, 0.29) is 29.8 Å². The number of hydrogen-bond donors (Lipinski definition) is 0. The number of aromatic nitrogens is 2. The van der Waals surface area contributed by atoms with Crippen molar-refractivity contribution in [3.8, 4) is 11.8 Å². The van der Waals surface area contributed by atoms with Crippen molar-refractivity contribution in [2.24, 2.45) is 0 Å². The second kappa shape index (κ2) is 8.37. The molecule has 0 spiro atoms. The van der Waals surface area contributed by atoms with Crippen LogP contribution in [0.1, 0.15) is 21.6 Å². The Balaban J connectivity index is 1.86. The quantitative estimate of drug-likeness (QED) is 0.573. The number of fused-ring (bicyclic) bond motifs is 1. The van der Waals surface area contributed by atoms with Gasteiger partial charge in [0.15, 0.2) is 5.82 Å². The van der Waals surface area contributed by atoms with Crippen LogP contribution in [0.2, 0.25) is 0 Å². The molecule has 0 fully saturated rings. The molecular formula is C22H19F3N4O3. The van der Waals surface area contributed by atoms with Crippen molar-refractivity contribution in [2.75, 3.05) is 23.6 Å². The van der Waals surface area contributed by atoms with Crippen LogP contribution in [0.3, 0.4) is 0 Å². The highest BCUT2D eigenvalue weighted by molar-refractivity contribution is 6.12. The molecule has 0 radical (unpaired) electrons. The van der Waals surface area contributed by atoms with Gasteiger partial charge in [0.05, 0.1) is 24.1 Å². The van der Waals surface area contributed by atoms with Crippen molar-refractivity contribution in [3.05, 3.63) is 65.1 Å². The summed E-state index contributed by atoms with van der Waals surface area (Å²) in [7, 11) is 1.49. The van der Waals surface area contributed by atoms with E-state index in [0.717, 1.165) is 0 Å². The molecule has 10 heteroatoms. The first-order chi connectivity index (χ1) is 15.3. The van der Waals surface area contributed by atoms with Gasteiger partial charge in [0.25, 0.3) is 5.91 Å². The summed E-state index contributed by atoms with van der Waals surface area (Å²) < 4.78 is 48.8. The van der Waals surface area contributed by atoms with Gasteiger partial charge < -0.3 is 14.4 Å². The Morgan fingerprint density at radius 3 is 2.34 bits per heavy atom. The number of nitrogens with zero attached hydrogens (tertiary/aromatic N) is 4. The molecule has 0 aliphatic carbocycles. The fourth-order valence-corrected chi connectivity index (χ4v) is 3.61. The summed E-state index contributed by atoms with van der Waals surface area (Å²) in [6.45, 7) is 0.383. The van der Waals surface area contributed by atoms with Gasteiger partial charge in [0.2, 0.25) is 11.8 Å². The van der Waals surface area contributed by atoms with E-state index in [0.29, 0.717) is 28.5 Å². The SMILES string of the molecule is COc1ccc(N2CN(c3ccc(F)cc3C)c3nc(OC(F)F)ccc3C2=O)c(C)n1. The lowest BCUT2D eigenvalue weighted by Gasteiger charge is -2.38. The first-order valence-corrected chi connectivity index (χ1v) is 9.61. The van der Waals surface area contributed by atoms with Crippen LogP contribution < -0.4 is 19.3 Å². The van der Waals surface area contributed by atoms with E-state index in [1.54, 1.807) is 36.9 Å². The highest BCUT2D eigenvalue weighted by atomic mass is 19.3. The van der Waals surface area contributed by atoms with E-state index in [9.17, 15) is 18.0 Å². The number of amides is 1. The van der Waals surface area contributed by atoms with Crippen LogP contribution in [-0.2, 0) is 0 Å². The van der Waals surface area contributed by atoms with Crippen molar-refractivity contribution < 1.29 is 27.4 Å². The molecule has 0 atom stereocenters. The Morgan fingerprint density at radius 2 is 1.69 bits per heavy atom. The van der Waals surface area contributed by atoms with E-state index in [4.69, 9.17) is 4.74 Å². The lowest BCUT2D eigenvalue weighted by molar-refractivity contribution is -0.0527. The number of ether oxygens (including phenoxy) is 2. The highest BCUT2D eigenvalue weighted by Gasteiger charge is 2.34. The first kappa shape index (κ1) is 21.4. The third-order valence-corrected chi connectivity index (χ3v) is 5.06. The zero-order valence-corrected chi connectivity index (χ0v) is 17.5. The molecule has 1 aromatic carbocycles. The van der Waals surface area contributed by atoms with E-state index in [2.05, 4.69) is 14.7 Å². The Bertz CT molecular complexity index is 1190. The molecule has 3 aromatic rings. The van der Waals surface area contributed by atoms with Crippen LogP contribution in [0.5, 0.6) is 11.8 Å². The number of rotatable bonds is 5. The molecule has 7 nitrogen and oxygen atoms in total. The Kier molecular flexibility index (Phi) is 5.60. The van der Waals surface area contributed by atoms with Crippen LogP contribution in [0, 0.1) is 19.7 Å².